The number of nitrogens with zero attached hydrogens (tertiary/aromatic N) is 1. The van der Waals surface area contributed by atoms with E-state index in [0.29, 0.717) is 6.61 Å². The molecule has 128 valence electrons. The van der Waals surface area contributed by atoms with E-state index in [-0.39, 0.29) is 5.91 Å². The van der Waals surface area contributed by atoms with Crippen molar-refractivity contribution in [3.8, 4) is 5.75 Å². The zero-order chi connectivity index (χ0) is 17.0. The fourth-order valence-electron chi connectivity index (χ4n) is 3.29. The Morgan fingerprint density at radius 2 is 2.08 bits per heavy atom. The van der Waals surface area contributed by atoms with Crippen molar-refractivity contribution in [1.82, 2.24) is 4.98 Å². The molecule has 0 radical (unpaired) electrons. The number of hydrogen-bond acceptors (Lipinski definition) is 4. The summed E-state index contributed by atoms with van der Waals surface area (Å²) in [5.41, 5.74) is 0.809. The monoisotopic (exact) mass is 328 g/mol. The van der Waals surface area contributed by atoms with E-state index in [2.05, 4.69) is 17.2 Å². The molecule has 0 unspecified atom stereocenters. The molecule has 3 rings (SSSR count). The molecule has 1 aromatic heterocycles. The number of rotatable bonds is 6. The first kappa shape index (κ1) is 16.7. The molecule has 1 saturated carbocycles. The van der Waals surface area contributed by atoms with Crippen LogP contribution in [0.15, 0.2) is 30.5 Å². The van der Waals surface area contributed by atoms with E-state index in [9.17, 15) is 4.79 Å². The minimum Gasteiger partial charge on any atom is -0.491 e. The predicted octanol–water partition coefficient (Wildman–Crippen LogP) is 3.92. The number of methoxy groups -OCH3 is 1. The van der Waals surface area contributed by atoms with E-state index in [1.54, 1.807) is 13.3 Å². The van der Waals surface area contributed by atoms with Crippen molar-refractivity contribution < 1.29 is 14.3 Å². The first-order chi connectivity index (χ1) is 11.7. The van der Waals surface area contributed by atoms with Crippen LogP contribution in [0.2, 0.25) is 0 Å². The maximum absolute atomic E-state index is 12.8. The zero-order valence-corrected chi connectivity index (χ0v) is 14.3. The molecule has 5 heteroatoms. The van der Waals surface area contributed by atoms with Gasteiger partial charge in [0.1, 0.15) is 16.9 Å². The van der Waals surface area contributed by atoms with Gasteiger partial charge in [-0.1, -0.05) is 6.92 Å². The third-order valence-corrected chi connectivity index (χ3v) is 4.66. The summed E-state index contributed by atoms with van der Waals surface area (Å²) in [6.07, 6.45) is 6.25. The molecule has 1 aliphatic carbocycles. The van der Waals surface area contributed by atoms with Crippen molar-refractivity contribution >= 4 is 22.5 Å². The van der Waals surface area contributed by atoms with Gasteiger partial charge in [-0.2, -0.15) is 0 Å². The van der Waals surface area contributed by atoms with Crippen LogP contribution < -0.4 is 10.1 Å². The number of amides is 1. The van der Waals surface area contributed by atoms with Crippen LogP contribution >= 0.6 is 0 Å². The van der Waals surface area contributed by atoms with Crippen molar-refractivity contribution in [2.24, 2.45) is 0 Å². The van der Waals surface area contributed by atoms with Gasteiger partial charge in [0.2, 0.25) is 0 Å². The van der Waals surface area contributed by atoms with Crippen molar-refractivity contribution in [1.29, 1.82) is 0 Å². The van der Waals surface area contributed by atoms with E-state index >= 15 is 0 Å². The third-order valence-electron chi connectivity index (χ3n) is 4.66. The van der Waals surface area contributed by atoms with E-state index < -0.39 is 5.60 Å². The summed E-state index contributed by atoms with van der Waals surface area (Å²) in [6, 6.07) is 7.56. The second-order valence-electron chi connectivity index (χ2n) is 6.22. The van der Waals surface area contributed by atoms with Crippen LogP contribution in [0.1, 0.15) is 39.0 Å². The Morgan fingerprint density at radius 3 is 2.79 bits per heavy atom. The van der Waals surface area contributed by atoms with Gasteiger partial charge < -0.3 is 14.8 Å². The number of nitrogens with one attached hydrogen (secondary N) is 1. The number of carbonyl (C=O) groups excluding carboxylic acids is 1. The van der Waals surface area contributed by atoms with Gasteiger partial charge >= 0.3 is 0 Å². The van der Waals surface area contributed by atoms with Crippen molar-refractivity contribution in [2.75, 3.05) is 19.0 Å². The molecule has 1 heterocycles. The topological polar surface area (TPSA) is 60.5 Å². The molecule has 5 nitrogen and oxygen atoms in total. The lowest BCUT2D eigenvalue weighted by Crippen LogP contribution is -2.42. The molecular formula is C19H24N2O3. The summed E-state index contributed by atoms with van der Waals surface area (Å²) in [7, 11) is 1.62. The highest BCUT2D eigenvalue weighted by molar-refractivity contribution is 6.05. The molecule has 2 aromatic rings. The lowest BCUT2D eigenvalue weighted by atomic mass is 10.0. The summed E-state index contributed by atoms with van der Waals surface area (Å²) < 4.78 is 11.3. The van der Waals surface area contributed by atoms with Gasteiger partial charge in [-0.25, -0.2) is 0 Å². The van der Waals surface area contributed by atoms with Crippen LogP contribution in [0.3, 0.4) is 0 Å². The van der Waals surface area contributed by atoms with Crippen molar-refractivity contribution in [2.45, 2.75) is 44.6 Å². The van der Waals surface area contributed by atoms with Gasteiger partial charge in [0, 0.05) is 18.7 Å². The first-order valence-corrected chi connectivity index (χ1v) is 8.57. The second kappa shape index (κ2) is 7.18. The molecule has 1 aliphatic rings. The molecule has 0 spiro atoms. The number of carbonyl (C=O) groups is 1. The number of anilines is 1. The Balaban J connectivity index is 1.91. The van der Waals surface area contributed by atoms with Crippen LogP contribution in [0.5, 0.6) is 5.75 Å². The third kappa shape index (κ3) is 3.08. The predicted molar refractivity (Wildman–Crippen MR) is 94.4 cm³/mol. The van der Waals surface area contributed by atoms with Gasteiger partial charge in [-0.15, -0.1) is 0 Å². The molecule has 0 bridgehead atoms. The Labute approximate surface area is 142 Å². The highest BCUT2D eigenvalue weighted by Gasteiger charge is 2.41. The maximum Gasteiger partial charge on any atom is 0.256 e. The molecule has 0 aliphatic heterocycles. The highest BCUT2D eigenvalue weighted by Crippen LogP contribution is 2.35. The van der Waals surface area contributed by atoms with Crippen LogP contribution in [0.25, 0.3) is 10.9 Å². The number of benzene rings is 1. The number of aromatic nitrogens is 1. The van der Waals surface area contributed by atoms with E-state index in [1.807, 2.05) is 24.3 Å². The number of hydrogen-bond donors (Lipinski definition) is 1. The smallest absolute Gasteiger partial charge is 0.256 e. The first-order valence-electron chi connectivity index (χ1n) is 8.57. The maximum atomic E-state index is 12.8. The van der Waals surface area contributed by atoms with E-state index in [0.717, 1.165) is 54.4 Å². The van der Waals surface area contributed by atoms with Gasteiger partial charge in [0.05, 0.1) is 12.3 Å². The fraction of sp³-hybridized carbons (Fsp3) is 0.474. The average molecular weight is 328 g/mol. The average Bonchev–Trinajstić information content (AvgIpc) is 3.11. The summed E-state index contributed by atoms with van der Waals surface area (Å²) >= 11 is 0. The van der Waals surface area contributed by atoms with Crippen molar-refractivity contribution in [3.05, 3.63) is 30.5 Å². The van der Waals surface area contributed by atoms with Gasteiger partial charge in [0.25, 0.3) is 5.91 Å². The van der Waals surface area contributed by atoms with Gasteiger partial charge in [-0.3, -0.25) is 9.78 Å². The SMILES string of the molecule is CCCOc1ccc(NC(=O)C2(OC)CCCC2)c2cccnc12. The van der Waals surface area contributed by atoms with E-state index in [1.165, 1.54) is 0 Å². The molecule has 0 saturated heterocycles. The number of fused-ring (bicyclic) bond motifs is 1. The molecule has 24 heavy (non-hydrogen) atoms. The highest BCUT2D eigenvalue weighted by atomic mass is 16.5. The summed E-state index contributed by atoms with van der Waals surface area (Å²) in [4.78, 5) is 17.2. The summed E-state index contributed by atoms with van der Waals surface area (Å²) in [6.45, 7) is 2.71. The van der Waals surface area contributed by atoms with Gasteiger partial charge in [-0.05, 0) is 56.4 Å². The standard InChI is InChI=1S/C19H24N2O3/c1-3-13-24-16-9-8-15(14-7-6-12-20-17(14)16)21-18(22)19(23-2)10-4-5-11-19/h6-9,12H,3-5,10-11,13H2,1-2H3,(H,21,22). The number of pyridine rings is 1. The Kier molecular flexibility index (Phi) is 5.00. The molecular weight excluding hydrogens is 304 g/mol. The van der Waals surface area contributed by atoms with Crippen molar-refractivity contribution in [3.63, 3.8) is 0 Å². The molecule has 1 amide bonds. The minimum atomic E-state index is -0.702. The van der Waals surface area contributed by atoms with Crippen LogP contribution in [-0.4, -0.2) is 30.2 Å². The summed E-state index contributed by atoms with van der Waals surface area (Å²) in [5, 5.41) is 3.92. The minimum absolute atomic E-state index is 0.0742. The van der Waals surface area contributed by atoms with Crippen LogP contribution in [0, 0.1) is 0 Å². The fourth-order valence-corrected chi connectivity index (χ4v) is 3.29. The Morgan fingerprint density at radius 1 is 1.29 bits per heavy atom. The number of ether oxygens (including phenoxy) is 2. The van der Waals surface area contributed by atoms with Crippen LogP contribution in [0.4, 0.5) is 5.69 Å². The zero-order valence-electron chi connectivity index (χ0n) is 14.3. The Hall–Kier alpha value is -2.14. The normalized spacial score (nSPS) is 16.2. The molecule has 0 atom stereocenters. The molecule has 1 aromatic carbocycles. The second-order valence-corrected chi connectivity index (χ2v) is 6.22. The van der Waals surface area contributed by atoms with E-state index in [4.69, 9.17) is 9.47 Å². The lowest BCUT2D eigenvalue weighted by molar-refractivity contribution is -0.136. The quantitative estimate of drug-likeness (QED) is 0.873. The summed E-state index contributed by atoms with van der Waals surface area (Å²) in [5.74, 6) is 0.669. The van der Waals surface area contributed by atoms with Crippen LogP contribution in [-0.2, 0) is 9.53 Å². The lowest BCUT2D eigenvalue weighted by Gasteiger charge is -2.26. The Bertz CT molecular complexity index is 724. The largest absolute Gasteiger partial charge is 0.491 e. The van der Waals surface area contributed by atoms with Gasteiger partial charge in [0.15, 0.2) is 0 Å². The molecule has 1 fully saturated rings. The molecule has 1 N–H and O–H groups in total.